The van der Waals surface area contributed by atoms with Gasteiger partial charge in [0.1, 0.15) is 0 Å². The van der Waals surface area contributed by atoms with Gasteiger partial charge >= 0.3 is 0 Å². The van der Waals surface area contributed by atoms with E-state index in [1.165, 1.54) is 0 Å². The number of nitrogens with zero attached hydrogens (tertiary/aromatic N) is 1. The summed E-state index contributed by atoms with van der Waals surface area (Å²) in [7, 11) is 0. The number of carbonyl (C=O) groups excluding carboxylic acids is 2. The Hall–Kier alpha value is -4.25. The standard InChI is InChI=1S/C28H25N3O2/c1-20(24-17-16-21-10-8-9-15-25(21)18-24)30-31-26(32)19-29-28(33)27(22-11-4-2-5-12-22)23-13-6-3-7-14-23/h2-18,27H,19H2,1H3,(H,29,33)(H,31,32)/b30-20+. The largest absolute Gasteiger partial charge is 0.346 e. The van der Waals surface area contributed by atoms with Crippen LogP contribution in [0.5, 0.6) is 0 Å². The first-order chi connectivity index (χ1) is 16.1. The lowest BCUT2D eigenvalue weighted by Gasteiger charge is -2.17. The average Bonchev–Trinajstić information content (AvgIpc) is 2.87. The molecule has 0 aromatic heterocycles. The summed E-state index contributed by atoms with van der Waals surface area (Å²) in [5, 5.41) is 9.21. The zero-order valence-electron chi connectivity index (χ0n) is 18.4. The molecule has 4 aromatic carbocycles. The van der Waals surface area contributed by atoms with Gasteiger partial charge in [-0.1, -0.05) is 97.1 Å². The molecule has 0 radical (unpaired) electrons. The third kappa shape index (κ3) is 5.52. The number of amides is 2. The van der Waals surface area contributed by atoms with Crippen molar-refractivity contribution in [1.29, 1.82) is 0 Å². The first-order valence-corrected chi connectivity index (χ1v) is 10.8. The molecule has 0 aliphatic rings. The minimum Gasteiger partial charge on any atom is -0.346 e. The Morgan fingerprint density at radius 1 is 0.758 bits per heavy atom. The molecule has 0 saturated carbocycles. The monoisotopic (exact) mass is 435 g/mol. The van der Waals surface area contributed by atoms with Crippen molar-refractivity contribution in [2.75, 3.05) is 6.54 Å². The van der Waals surface area contributed by atoms with Crippen LogP contribution in [0.25, 0.3) is 10.8 Å². The predicted octanol–water partition coefficient (Wildman–Crippen LogP) is 4.63. The normalized spacial score (nSPS) is 11.4. The maximum absolute atomic E-state index is 13.0. The van der Waals surface area contributed by atoms with Crippen molar-refractivity contribution < 1.29 is 9.59 Å². The van der Waals surface area contributed by atoms with E-state index < -0.39 is 5.92 Å². The first kappa shape index (κ1) is 22.0. The maximum Gasteiger partial charge on any atom is 0.259 e. The fraction of sp³-hybridized carbons (Fsp3) is 0.107. The fourth-order valence-electron chi connectivity index (χ4n) is 3.72. The number of rotatable bonds is 7. The van der Waals surface area contributed by atoms with Gasteiger partial charge in [-0.05, 0) is 40.5 Å². The molecule has 0 atom stereocenters. The second-order valence-electron chi connectivity index (χ2n) is 7.77. The summed E-state index contributed by atoms with van der Waals surface area (Å²) in [5.74, 6) is -1.12. The van der Waals surface area contributed by atoms with Crippen LogP contribution in [0.2, 0.25) is 0 Å². The zero-order chi connectivity index (χ0) is 23.0. The number of carbonyl (C=O) groups is 2. The molecule has 2 N–H and O–H groups in total. The molecule has 0 bridgehead atoms. The van der Waals surface area contributed by atoms with Crippen LogP contribution in [0.1, 0.15) is 29.5 Å². The highest BCUT2D eigenvalue weighted by atomic mass is 16.2. The van der Waals surface area contributed by atoms with Gasteiger partial charge in [-0.2, -0.15) is 5.10 Å². The molecule has 0 unspecified atom stereocenters. The Kier molecular flexibility index (Phi) is 6.90. The van der Waals surface area contributed by atoms with Gasteiger partial charge in [-0.15, -0.1) is 0 Å². The lowest BCUT2D eigenvalue weighted by molar-refractivity contribution is -0.126. The molecule has 0 spiro atoms. The second kappa shape index (κ2) is 10.4. The first-order valence-electron chi connectivity index (χ1n) is 10.8. The van der Waals surface area contributed by atoms with Crippen LogP contribution >= 0.6 is 0 Å². The summed E-state index contributed by atoms with van der Waals surface area (Å²) < 4.78 is 0. The molecule has 0 aliphatic heterocycles. The summed E-state index contributed by atoms with van der Waals surface area (Å²) in [4.78, 5) is 25.4. The Bertz CT molecular complexity index is 1240. The minimum absolute atomic E-state index is 0.163. The SMILES string of the molecule is C/C(=N\NC(=O)CNC(=O)C(c1ccccc1)c1ccccc1)c1ccc2ccccc2c1. The van der Waals surface area contributed by atoms with Crippen LogP contribution in [-0.4, -0.2) is 24.1 Å². The highest BCUT2D eigenvalue weighted by molar-refractivity contribution is 6.02. The van der Waals surface area contributed by atoms with Gasteiger partial charge in [0, 0.05) is 0 Å². The van der Waals surface area contributed by atoms with Crippen LogP contribution in [0.4, 0.5) is 0 Å². The summed E-state index contributed by atoms with van der Waals surface area (Å²) in [6.45, 7) is 1.67. The number of benzene rings is 4. The van der Waals surface area contributed by atoms with Gasteiger partial charge in [0.15, 0.2) is 0 Å². The number of hydrogen-bond donors (Lipinski definition) is 2. The average molecular weight is 436 g/mol. The van der Waals surface area contributed by atoms with Gasteiger partial charge in [-0.25, -0.2) is 5.43 Å². The van der Waals surface area contributed by atoms with Crippen molar-refractivity contribution in [3.8, 4) is 0 Å². The van der Waals surface area contributed by atoms with E-state index in [9.17, 15) is 9.59 Å². The van der Waals surface area contributed by atoms with Gasteiger partial charge in [0.05, 0.1) is 18.2 Å². The fourth-order valence-corrected chi connectivity index (χ4v) is 3.72. The van der Waals surface area contributed by atoms with E-state index in [4.69, 9.17) is 0 Å². The number of hydrogen-bond acceptors (Lipinski definition) is 3. The number of nitrogens with one attached hydrogen (secondary N) is 2. The topological polar surface area (TPSA) is 70.6 Å². The van der Waals surface area contributed by atoms with Crippen molar-refractivity contribution >= 4 is 28.3 Å². The molecule has 4 aromatic rings. The lowest BCUT2D eigenvalue weighted by Crippen LogP contribution is -2.38. The molecule has 0 fully saturated rings. The Balaban J connectivity index is 1.40. The van der Waals surface area contributed by atoms with Crippen molar-refractivity contribution in [2.24, 2.45) is 5.10 Å². The lowest BCUT2D eigenvalue weighted by atomic mass is 9.90. The molecule has 0 heterocycles. The smallest absolute Gasteiger partial charge is 0.259 e. The zero-order valence-corrected chi connectivity index (χ0v) is 18.4. The molecule has 164 valence electrons. The van der Waals surface area contributed by atoms with E-state index in [1.807, 2.05) is 110 Å². The molecular weight excluding hydrogens is 410 g/mol. The third-order valence-corrected chi connectivity index (χ3v) is 5.47. The van der Waals surface area contributed by atoms with Crippen molar-refractivity contribution in [2.45, 2.75) is 12.8 Å². The van der Waals surface area contributed by atoms with Gasteiger partial charge < -0.3 is 5.32 Å². The van der Waals surface area contributed by atoms with Crippen LogP contribution in [0.3, 0.4) is 0 Å². The van der Waals surface area contributed by atoms with Crippen LogP contribution in [0.15, 0.2) is 108 Å². The Labute approximate surface area is 193 Å². The van der Waals surface area contributed by atoms with Crippen molar-refractivity contribution in [3.05, 3.63) is 120 Å². The van der Waals surface area contributed by atoms with E-state index in [0.717, 1.165) is 27.5 Å². The maximum atomic E-state index is 13.0. The quantitative estimate of drug-likeness (QED) is 0.328. The van der Waals surface area contributed by atoms with Crippen LogP contribution in [0, 0.1) is 0 Å². The molecular formula is C28H25N3O2. The summed E-state index contributed by atoms with van der Waals surface area (Å²) in [5.41, 5.74) is 5.88. The highest BCUT2D eigenvalue weighted by Crippen LogP contribution is 2.24. The minimum atomic E-state index is -0.497. The third-order valence-electron chi connectivity index (χ3n) is 5.47. The van der Waals surface area contributed by atoms with E-state index in [-0.39, 0.29) is 18.4 Å². The molecule has 33 heavy (non-hydrogen) atoms. The Morgan fingerprint density at radius 3 is 1.97 bits per heavy atom. The predicted molar refractivity (Wildman–Crippen MR) is 132 cm³/mol. The van der Waals surface area contributed by atoms with E-state index in [0.29, 0.717) is 5.71 Å². The van der Waals surface area contributed by atoms with E-state index >= 15 is 0 Å². The second-order valence-corrected chi connectivity index (χ2v) is 7.77. The van der Waals surface area contributed by atoms with Crippen LogP contribution in [-0.2, 0) is 9.59 Å². The summed E-state index contributed by atoms with van der Waals surface area (Å²) in [6, 6.07) is 33.2. The van der Waals surface area contributed by atoms with Gasteiger partial charge in [0.25, 0.3) is 5.91 Å². The van der Waals surface area contributed by atoms with Gasteiger partial charge in [-0.3, -0.25) is 9.59 Å². The summed E-state index contributed by atoms with van der Waals surface area (Å²) >= 11 is 0. The summed E-state index contributed by atoms with van der Waals surface area (Å²) in [6.07, 6.45) is 0. The van der Waals surface area contributed by atoms with Crippen LogP contribution < -0.4 is 10.7 Å². The highest BCUT2D eigenvalue weighted by Gasteiger charge is 2.22. The van der Waals surface area contributed by atoms with Crippen molar-refractivity contribution in [3.63, 3.8) is 0 Å². The molecule has 4 rings (SSSR count). The molecule has 0 aliphatic carbocycles. The van der Waals surface area contributed by atoms with Gasteiger partial charge in [0.2, 0.25) is 5.91 Å². The Morgan fingerprint density at radius 2 is 1.33 bits per heavy atom. The molecule has 0 saturated heterocycles. The van der Waals surface area contributed by atoms with E-state index in [1.54, 1.807) is 0 Å². The van der Waals surface area contributed by atoms with Crippen molar-refractivity contribution in [1.82, 2.24) is 10.7 Å². The molecule has 5 heteroatoms. The molecule has 5 nitrogen and oxygen atoms in total. The molecule has 2 amide bonds. The van der Waals surface area contributed by atoms with E-state index in [2.05, 4.69) is 15.8 Å². The number of fused-ring (bicyclic) bond motifs is 1. The number of hydrazone groups is 1.